The molecule has 0 unspecified atom stereocenters. The minimum Gasteiger partial charge on any atom is -0.289 e. The van der Waals surface area contributed by atoms with Gasteiger partial charge in [-0.3, -0.25) is 10.0 Å². The van der Waals surface area contributed by atoms with E-state index in [-0.39, 0.29) is 5.41 Å². The van der Waals surface area contributed by atoms with E-state index in [1.807, 2.05) is 0 Å². The molecule has 0 saturated carbocycles. The van der Waals surface area contributed by atoms with Crippen molar-refractivity contribution in [1.29, 1.82) is 0 Å². The fourth-order valence-corrected chi connectivity index (χ4v) is 4.70. The van der Waals surface area contributed by atoms with Crippen LogP contribution < -0.4 is 10.5 Å². The first kappa shape index (κ1) is 24.3. The van der Waals surface area contributed by atoms with Crippen molar-refractivity contribution in [3.63, 3.8) is 0 Å². The van der Waals surface area contributed by atoms with Gasteiger partial charge in [-0.05, 0) is 40.8 Å². The summed E-state index contributed by atoms with van der Waals surface area (Å²) in [6.07, 6.45) is 11.3. The van der Waals surface area contributed by atoms with Gasteiger partial charge in [0.25, 0.3) is 0 Å². The number of hydrazine groups is 2. The average molecular weight is 456 g/mol. The number of hydrogen-bond acceptors (Lipinski definition) is 3. The van der Waals surface area contributed by atoms with Gasteiger partial charge in [0.05, 0.1) is 12.2 Å². The molecule has 0 atom stereocenters. The molecule has 1 aliphatic rings. The van der Waals surface area contributed by atoms with E-state index in [4.69, 9.17) is 0 Å². The minimum absolute atomic E-state index is 0.179. The summed E-state index contributed by atoms with van der Waals surface area (Å²) in [5.74, 6) is 0. The van der Waals surface area contributed by atoms with Crippen LogP contribution in [0, 0.1) is 0 Å². The summed E-state index contributed by atoms with van der Waals surface area (Å²) in [7, 11) is 0. The van der Waals surface area contributed by atoms with Crippen molar-refractivity contribution in [1.82, 2.24) is 10.5 Å². The third kappa shape index (κ3) is 6.01. The zero-order chi connectivity index (χ0) is 24.0. The van der Waals surface area contributed by atoms with Gasteiger partial charge in [0.2, 0.25) is 0 Å². The minimum atomic E-state index is 0.179. The Bertz CT molecular complexity index is 1090. The van der Waals surface area contributed by atoms with E-state index < -0.39 is 0 Å². The first-order chi connectivity index (χ1) is 16.5. The molecule has 0 saturated heterocycles. The largest absolute Gasteiger partial charge is 0.289 e. The molecule has 3 aromatic carbocycles. The molecule has 3 heteroatoms. The van der Waals surface area contributed by atoms with Crippen LogP contribution in [0.15, 0.2) is 78.6 Å². The van der Waals surface area contributed by atoms with Crippen LogP contribution in [-0.2, 0) is 12.0 Å². The number of hydrogen-bond donors (Lipinski definition) is 1. The summed E-state index contributed by atoms with van der Waals surface area (Å²) in [5, 5.41) is 7.07. The van der Waals surface area contributed by atoms with Crippen LogP contribution >= 0.6 is 0 Å². The van der Waals surface area contributed by atoms with Gasteiger partial charge in [0.15, 0.2) is 0 Å². The Morgan fingerprint density at radius 3 is 2.24 bits per heavy atom. The highest BCUT2D eigenvalue weighted by Crippen LogP contribution is 2.31. The molecule has 3 nitrogen and oxygen atoms in total. The molecule has 3 aromatic rings. The summed E-state index contributed by atoms with van der Waals surface area (Å²) in [4.78, 5) is 0. The number of allylic oxidation sites excluding steroid dienone is 1. The molecule has 0 amide bonds. The normalized spacial score (nSPS) is 14.2. The molecule has 0 bridgehead atoms. The molecule has 1 N–H and O–H groups in total. The number of rotatable bonds is 10. The molecule has 0 aliphatic carbocycles. The first-order valence-electron chi connectivity index (χ1n) is 13.1. The second-order valence-electron chi connectivity index (χ2n) is 10.6. The summed E-state index contributed by atoms with van der Waals surface area (Å²) in [5.41, 5.74) is 9.13. The van der Waals surface area contributed by atoms with Crippen LogP contribution in [0.4, 0.5) is 5.69 Å². The van der Waals surface area contributed by atoms with E-state index >= 15 is 0 Å². The molecule has 0 aromatic heterocycles. The van der Waals surface area contributed by atoms with Crippen LogP contribution in [0.2, 0.25) is 0 Å². The van der Waals surface area contributed by atoms with Crippen molar-refractivity contribution in [3.8, 4) is 0 Å². The van der Waals surface area contributed by atoms with Crippen molar-refractivity contribution in [2.45, 2.75) is 84.6 Å². The number of unbranched alkanes of at least 4 members (excludes halogenated alkanes) is 5. The van der Waals surface area contributed by atoms with Gasteiger partial charge in [-0.2, -0.15) is 0 Å². The van der Waals surface area contributed by atoms with E-state index in [2.05, 4.69) is 116 Å². The standard InChI is InChI=1S/C31H41N3/c1-5-6-7-8-9-10-16-28-24-34(30-18-13-15-26-14-11-12-17-29(26)30)32-33(28)23-25-19-21-27(22-20-25)31(2,3)4/h11-15,17-22,24,32H,5-10,16,23H2,1-4H3. The quantitative estimate of drug-likeness (QED) is 0.309. The monoisotopic (exact) mass is 455 g/mol. The molecule has 1 heterocycles. The predicted molar refractivity (Wildman–Crippen MR) is 146 cm³/mol. The molecule has 0 fully saturated rings. The summed E-state index contributed by atoms with van der Waals surface area (Å²) in [6.45, 7) is 9.95. The summed E-state index contributed by atoms with van der Waals surface area (Å²) < 4.78 is 0. The third-order valence-electron chi connectivity index (χ3n) is 6.83. The summed E-state index contributed by atoms with van der Waals surface area (Å²) >= 11 is 0. The predicted octanol–water partition coefficient (Wildman–Crippen LogP) is 8.47. The maximum absolute atomic E-state index is 3.68. The van der Waals surface area contributed by atoms with Gasteiger partial charge in [-0.1, -0.05) is 120 Å². The van der Waals surface area contributed by atoms with Crippen molar-refractivity contribution >= 4 is 16.5 Å². The fourth-order valence-electron chi connectivity index (χ4n) is 4.70. The van der Waals surface area contributed by atoms with Crippen LogP contribution in [-0.4, -0.2) is 5.01 Å². The van der Waals surface area contributed by atoms with E-state index in [0.717, 1.165) is 13.0 Å². The Morgan fingerprint density at radius 2 is 1.47 bits per heavy atom. The van der Waals surface area contributed by atoms with E-state index in [0.29, 0.717) is 0 Å². The number of nitrogens with zero attached hydrogens (tertiary/aromatic N) is 2. The number of benzene rings is 3. The molecule has 0 radical (unpaired) electrons. The maximum Gasteiger partial charge on any atom is 0.0667 e. The Kier molecular flexibility index (Phi) is 7.95. The Morgan fingerprint density at radius 1 is 0.765 bits per heavy atom. The fraction of sp³-hybridized carbons (Fsp3) is 0.419. The topological polar surface area (TPSA) is 18.5 Å². The average Bonchev–Trinajstić information content (AvgIpc) is 3.23. The highest BCUT2D eigenvalue weighted by molar-refractivity contribution is 5.94. The molecule has 4 rings (SSSR count). The molecule has 0 spiro atoms. The Balaban J connectivity index is 1.51. The Labute approximate surface area is 206 Å². The lowest BCUT2D eigenvalue weighted by Gasteiger charge is -2.26. The van der Waals surface area contributed by atoms with E-state index in [1.165, 1.54) is 71.8 Å². The first-order valence-corrected chi connectivity index (χ1v) is 13.1. The van der Waals surface area contributed by atoms with Crippen LogP contribution in [0.1, 0.15) is 83.8 Å². The highest BCUT2D eigenvalue weighted by atomic mass is 15.8. The third-order valence-corrected chi connectivity index (χ3v) is 6.83. The number of fused-ring (bicyclic) bond motifs is 1. The van der Waals surface area contributed by atoms with Crippen molar-refractivity contribution in [2.24, 2.45) is 0 Å². The lowest BCUT2D eigenvalue weighted by Crippen LogP contribution is -2.40. The highest BCUT2D eigenvalue weighted by Gasteiger charge is 2.23. The second kappa shape index (κ2) is 11.1. The van der Waals surface area contributed by atoms with Crippen molar-refractivity contribution < 1.29 is 0 Å². The van der Waals surface area contributed by atoms with Gasteiger partial charge >= 0.3 is 0 Å². The van der Waals surface area contributed by atoms with Gasteiger partial charge in [-0.15, -0.1) is 5.53 Å². The zero-order valence-corrected chi connectivity index (χ0v) is 21.5. The molecule has 34 heavy (non-hydrogen) atoms. The van der Waals surface area contributed by atoms with Crippen molar-refractivity contribution in [3.05, 3.63) is 89.8 Å². The smallest absolute Gasteiger partial charge is 0.0667 e. The SMILES string of the molecule is CCCCCCCCC1=CN(c2cccc3ccccc23)NN1Cc1ccc(C(C)(C)C)cc1. The summed E-state index contributed by atoms with van der Waals surface area (Å²) in [6, 6.07) is 24.3. The van der Waals surface area contributed by atoms with Gasteiger partial charge in [-0.25, -0.2) is 0 Å². The molecule has 180 valence electrons. The van der Waals surface area contributed by atoms with Crippen LogP contribution in [0.3, 0.4) is 0 Å². The zero-order valence-electron chi connectivity index (χ0n) is 21.5. The lowest BCUT2D eigenvalue weighted by atomic mass is 9.87. The lowest BCUT2D eigenvalue weighted by molar-refractivity contribution is 0.254. The van der Waals surface area contributed by atoms with Crippen LogP contribution in [0.5, 0.6) is 0 Å². The number of nitrogens with one attached hydrogen (secondary N) is 1. The van der Waals surface area contributed by atoms with Gasteiger partial charge in [0.1, 0.15) is 0 Å². The maximum atomic E-state index is 3.68. The molecule has 1 aliphatic heterocycles. The van der Waals surface area contributed by atoms with Gasteiger partial charge < -0.3 is 0 Å². The second-order valence-corrected chi connectivity index (χ2v) is 10.6. The van der Waals surface area contributed by atoms with Crippen LogP contribution in [0.25, 0.3) is 10.8 Å². The Hall–Kier alpha value is -2.78. The molecular weight excluding hydrogens is 414 g/mol. The molecular formula is C31H41N3. The number of anilines is 1. The van der Waals surface area contributed by atoms with E-state index in [1.54, 1.807) is 0 Å². The van der Waals surface area contributed by atoms with E-state index in [9.17, 15) is 0 Å². The van der Waals surface area contributed by atoms with Crippen molar-refractivity contribution in [2.75, 3.05) is 5.01 Å². The van der Waals surface area contributed by atoms with Gasteiger partial charge in [0, 0.05) is 17.3 Å².